The van der Waals surface area contributed by atoms with Crippen molar-refractivity contribution >= 4 is 121 Å². The molecule has 10 rings (SSSR count). The average Bonchev–Trinajstić information content (AvgIpc) is 4.24. The molecule has 10 aromatic rings. The second-order valence-electron chi connectivity index (χ2n) is 19.5. The van der Waals surface area contributed by atoms with Crippen LogP contribution in [0, 0.1) is 0 Å². The van der Waals surface area contributed by atoms with Gasteiger partial charge in [-0.05, 0) is 117 Å². The molecule has 0 unspecified atom stereocenters. The van der Waals surface area contributed by atoms with Crippen LogP contribution in [0.2, 0.25) is 0 Å². The van der Waals surface area contributed by atoms with Crippen LogP contribution in [0.5, 0.6) is 0 Å². The van der Waals surface area contributed by atoms with Crippen LogP contribution in [-0.2, 0) is 12.8 Å². The maximum absolute atomic E-state index is 15.6. The Morgan fingerprint density at radius 2 is 0.757 bits per heavy atom. The molecule has 70 heavy (non-hydrogen) atoms. The molecule has 4 nitrogen and oxygen atoms in total. The van der Waals surface area contributed by atoms with Crippen LogP contribution < -0.4 is 11.1 Å². The van der Waals surface area contributed by atoms with E-state index < -0.39 is 0 Å². The second-order valence-corrected chi connectivity index (χ2v) is 26.5. The zero-order chi connectivity index (χ0) is 48.1. The van der Waals surface area contributed by atoms with Crippen molar-refractivity contribution in [3.05, 3.63) is 124 Å². The Bertz CT molecular complexity index is 3250. The van der Waals surface area contributed by atoms with E-state index in [1.165, 1.54) is 159 Å². The van der Waals surface area contributed by atoms with Gasteiger partial charge in [-0.1, -0.05) is 166 Å². The van der Waals surface area contributed by atoms with Gasteiger partial charge in [0.25, 0.3) is 11.1 Å². The van der Waals surface area contributed by atoms with Crippen LogP contribution in [0.25, 0.3) is 84.0 Å². The van der Waals surface area contributed by atoms with Gasteiger partial charge in [-0.15, -0.1) is 45.3 Å². The summed E-state index contributed by atoms with van der Waals surface area (Å²) in [5, 5.41) is 3.59. The maximum atomic E-state index is 15.6. The number of rotatable bonds is 26. The smallest absolute Gasteiger partial charge is 0.265 e. The molecule has 0 bridgehead atoms. The summed E-state index contributed by atoms with van der Waals surface area (Å²) in [6.07, 6.45) is 28.6. The summed E-state index contributed by atoms with van der Waals surface area (Å²) in [4.78, 5) is 38.0. The van der Waals surface area contributed by atoms with Gasteiger partial charge in [0.15, 0.2) is 0 Å². The molecule has 364 valence electrons. The van der Waals surface area contributed by atoms with Gasteiger partial charge in [0.1, 0.15) is 0 Å². The van der Waals surface area contributed by atoms with Gasteiger partial charge in [0.2, 0.25) is 0 Å². The monoisotopic (exact) mass is 1130 g/mol. The zero-order valence-corrected chi connectivity index (χ0v) is 47.2. The number of aryl methyl sites for hydroxylation is 2. The summed E-state index contributed by atoms with van der Waals surface area (Å²) in [5.41, 5.74) is 7.32. The molecule has 8 heterocycles. The largest absolute Gasteiger partial charge is 0.273 e. The van der Waals surface area contributed by atoms with Gasteiger partial charge >= 0.3 is 0 Å². The van der Waals surface area contributed by atoms with Crippen molar-refractivity contribution in [3.8, 4) is 40.4 Å². The number of unbranched alkanes of at least 4 members (excludes halogenated alkanes) is 18. The number of pyridine rings is 2. The summed E-state index contributed by atoms with van der Waals surface area (Å²) in [5.74, 6) is 0. The fourth-order valence-corrected chi connectivity index (χ4v) is 16.9. The van der Waals surface area contributed by atoms with Gasteiger partial charge in [0.05, 0.1) is 40.8 Å². The van der Waals surface area contributed by atoms with E-state index in [-0.39, 0.29) is 11.1 Å². The highest BCUT2D eigenvalue weighted by molar-refractivity contribution is 9.11. The molecule has 0 saturated heterocycles. The first-order valence-corrected chi connectivity index (χ1v) is 31.1. The van der Waals surface area contributed by atoms with Crippen LogP contribution in [0.15, 0.2) is 102 Å². The molecule has 0 aliphatic heterocycles. The number of benzene rings is 2. The van der Waals surface area contributed by atoms with E-state index in [1.807, 2.05) is 33.1 Å². The summed E-state index contributed by atoms with van der Waals surface area (Å²) in [7, 11) is 0. The molecule has 0 aliphatic rings. The lowest BCUT2D eigenvalue weighted by molar-refractivity contribution is 0.556. The molecule has 0 fully saturated rings. The zero-order valence-electron chi connectivity index (χ0n) is 40.7. The number of fused-ring (bicyclic) bond motifs is 6. The SMILES string of the molecule is CCCCCCCCCCCCc1cc(Br)sc1-c1ccc(-c2c(=O)n3c4ccccc4c4c(-c5ccc(-c6sc(Br)cc6CCCCCCCCCCCC)s5)c(=O)n5c6ccccc6c2c5c43)s1. The Morgan fingerprint density at radius 3 is 1.14 bits per heavy atom. The molecule has 8 aromatic heterocycles. The van der Waals surface area contributed by atoms with Gasteiger partial charge in [0, 0.05) is 50.8 Å². The summed E-state index contributed by atoms with van der Waals surface area (Å²) in [6, 6.07) is 29.7. The fourth-order valence-electron chi connectivity index (χ4n) is 11.1. The van der Waals surface area contributed by atoms with Gasteiger partial charge < -0.3 is 0 Å². The maximum Gasteiger partial charge on any atom is 0.265 e. The highest BCUT2D eigenvalue weighted by atomic mass is 79.9. The van der Waals surface area contributed by atoms with E-state index in [9.17, 15) is 0 Å². The minimum absolute atomic E-state index is 0.0418. The molecule has 0 spiro atoms. The third-order valence-corrected chi connectivity index (χ3v) is 20.5. The van der Waals surface area contributed by atoms with Crippen molar-refractivity contribution in [1.82, 2.24) is 8.80 Å². The number of thiophene rings is 4. The Kier molecular flexibility index (Phi) is 16.4. The van der Waals surface area contributed by atoms with Crippen molar-refractivity contribution in [2.75, 3.05) is 0 Å². The third-order valence-electron chi connectivity index (χ3n) is 14.6. The number of hydrogen-bond donors (Lipinski definition) is 0. The molecule has 2 aromatic carbocycles. The first-order valence-electron chi connectivity index (χ1n) is 26.3. The Hall–Kier alpha value is -3.64. The van der Waals surface area contributed by atoms with Crippen molar-refractivity contribution in [3.63, 3.8) is 0 Å². The molecular weight excluding hydrogens is 1070 g/mol. The molecule has 0 aliphatic carbocycles. The van der Waals surface area contributed by atoms with E-state index in [0.29, 0.717) is 11.1 Å². The predicted octanol–water partition coefficient (Wildman–Crippen LogP) is 20.6. The second kappa shape index (κ2) is 23.1. The van der Waals surface area contributed by atoms with Gasteiger partial charge in [-0.25, -0.2) is 0 Å². The number of nitrogens with zero attached hydrogens (tertiary/aromatic N) is 2. The minimum Gasteiger partial charge on any atom is -0.273 e. The van der Waals surface area contributed by atoms with Crippen LogP contribution in [0.3, 0.4) is 0 Å². The standard InChI is InChI=1S/C60H64Br2N2O2S4/c1-3-5-7-9-11-13-15-17-19-21-27-39-37-49(61)69-57(39)47-35-33-45(67-47)53-51-41-29-23-25-31-43(41)64-55(51)56-52(42-30-24-26-32-44(42)63(56)59(53)65)54(60(64)66)46-34-36-48(68-46)58-40(38-50(62)70-58)28-22-20-18-16-14-12-10-8-6-4-2/h23-26,29-38H,3-22,27-28H2,1-2H3. The molecule has 0 radical (unpaired) electrons. The van der Waals surface area contributed by atoms with E-state index in [4.69, 9.17) is 0 Å². The van der Waals surface area contributed by atoms with Crippen molar-refractivity contribution in [2.45, 2.75) is 155 Å². The van der Waals surface area contributed by atoms with E-state index in [0.717, 1.165) is 73.8 Å². The highest BCUT2D eigenvalue weighted by Crippen LogP contribution is 2.49. The lowest BCUT2D eigenvalue weighted by atomic mass is 10.0. The third kappa shape index (κ3) is 10.0. The average molecular weight is 1130 g/mol. The highest BCUT2D eigenvalue weighted by Gasteiger charge is 2.31. The molecule has 10 heteroatoms. The topological polar surface area (TPSA) is 43.0 Å². The number of halogens is 2. The predicted molar refractivity (Wildman–Crippen MR) is 316 cm³/mol. The summed E-state index contributed by atoms with van der Waals surface area (Å²) < 4.78 is 6.14. The fraction of sp³-hybridized carbons (Fsp3) is 0.400. The van der Waals surface area contributed by atoms with E-state index in [1.54, 1.807) is 45.3 Å². The Balaban J connectivity index is 0.986. The number of aromatic nitrogens is 2. The number of hydrogen-bond acceptors (Lipinski definition) is 6. The molecule has 0 N–H and O–H groups in total. The molecule has 0 atom stereocenters. The minimum atomic E-state index is -0.0418. The van der Waals surface area contributed by atoms with Crippen molar-refractivity contribution in [1.29, 1.82) is 0 Å². The number of para-hydroxylation sites is 2. The Morgan fingerprint density at radius 1 is 0.414 bits per heavy atom. The van der Waals surface area contributed by atoms with Crippen molar-refractivity contribution < 1.29 is 0 Å². The summed E-state index contributed by atoms with van der Waals surface area (Å²) in [6.45, 7) is 4.57. The van der Waals surface area contributed by atoms with Crippen LogP contribution in [0.1, 0.15) is 153 Å². The van der Waals surface area contributed by atoms with Gasteiger partial charge in [-0.3, -0.25) is 18.4 Å². The van der Waals surface area contributed by atoms with Crippen LogP contribution in [-0.4, -0.2) is 8.80 Å². The Labute approximate surface area is 445 Å². The van der Waals surface area contributed by atoms with E-state index in [2.05, 4.69) is 106 Å². The molecular formula is C60H64Br2N2O2S4. The van der Waals surface area contributed by atoms with Crippen LogP contribution in [0.4, 0.5) is 0 Å². The normalized spacial score (nSPS) is 12.2. The van der Waals surface area contributed by atoms with Gasteiger partial charge in [-0.2, -0.15) is 0 Å². The quantitative estimate of drug-likeness (QED) is 0.0507. The van der Waals surface area contributed by atoms with E-state index >= 15 is 9.59 Å². The molecule has 0 saturated carbocycles. The van der Waals surface area contributed by atoms with Crippen LogP contribution >= 0.6 is 77.2 Å². The lowest BCUT2D eigenvalue weighted by Crippen LogP contribution is -2.19. The first kappa shape index (κ1) is 49.9. The lowest BCUT2D eigenvalue weighted by Gasteiger charge is -2.10. The molecule has 0 amide bonds. The first-order chi connectivity index (χ1) is 34.4. The summed E-state index contributed by atoms with van der Waals surface area (Å²) >= 11 is 14.6. The van der Waals surface area contributed by atoms with Crippen molar-refractivity contribution in [2.24, 2.45) is 0 Å².